The molecule has 0 N–H and O–H groups in total. The van der Waals surface area contributed by atoms with Crippen molar-refractivity contribution < 1.29 is 27.1 Å². The van der Waals surface area contributed by atoms with E-state index in [1.807, 2.05) is 4.90 Å². The number of carbonyl (C=O) groups excluding carboxylic acids is 2. The fourth-order valence-electron chi connectivity index (χ4n) is 3.95. The van der Waals surface area contributed by atoms with E-state index in [0.29, 0.717) is 11.4 Å². The molecule has 8 nitrogen and oxygen atoms in total. The third-order valence-corrected chi connectivity index (χ3v) is 7.55. The summed E-state index contributed by atoms with van der Waals surface area (Å²) in [6, 6.07) is 11.3. The molecule has 1 atom stereocenters. The van der Waals surface area contributed by atoms with E-state index in [1.165, 1.54) is 29.6 Å². The van der Waals surface area contributed by atoms with Gasteiger partial charge in [-0.25, -0.2) is 17.7 Å². The summed E-state index contributed by atoms with van der Waals surface area (Å²) in [7, 11) is -2.44. The van der Waals surface area contributed by atoms with Crippen LogP contribution in [-0.2, 0) is 19.6 Å². The Balaban J connectivity index is 1.45. The molecule has 0 spiro atoms. The van der Waals surface area contributed by atoms with Crippen LogP contribution in [0.2, 0.25) is 0 Å². The van der Waals surface area contributed by atoms with Crippen LogP contribution in [0.15, 0.2) is 53.4 Å². The molecule has 2 fully saturated rings. The van der Waals surface area contributed by atoms with Crippen LogP contribution in [0.5, 0.6) is 5.75 Å². The van der Waals surface area contributed by atoms with Crippen molar-refractivity contribution >= 4 is 27.5 Å². The molecular weight excluding hydrogens is 425 g/mol. The molecule has 0 saturated carbocycles. The monoisotopic (exact) mass is 447 g/mol. The predicted molar refractivity (Wildman–Crippen MR) is 111 cm³/mol. The van der Waals surface area contributed by atoms with Crippen molar-refractivity contribution in [2.24, 2.45) is 0 Å². The lowest BCUT2D eigenvalue weighted by molar-refractivity contribution is -0.123. The quantitative estimate of drug-likeness (QED) is 0.646. The van der Waals surface area contributed by atoms with Gasteiger partial charge in [-0.3, -0.25) is 14.5 Å². The van der Waals surface area contributed by atoms with Gasteiger partial charge in [-0.1, -0.05) is 12.1 Å². The lowest BCUT2D eigenvalue weighted by atomic mass is 10.2. The topological polar surface area (TPSA) is 87.2 Å². The minimum absolute atomic E-state index is 0.0327. The Morgan fingerprint density at radius 1 is 0.968 bits per heavy atom. The van der Waals surface area contributed by atoms with Crippen LogP contribution < -0.4 is 9.64 Å². The van der Waals surface area contributed by atoms with E-state index in [9.17, 15) is 22.4 Å². The molecular formula is C21H22FN3O5S. The van der Waals surface area contributed by atoms with Crippen molar-refractivity contribution in [3.05, 3.63) is 54.3 Å². The summed E-state index contributed by atoms with van der Waals surface area (Å²) in [4.78, 5) is 28.1. The Bertz CT molecular complexity index is 1100. The third-order valence-electron chi connectivity index (χ3n) is 5.62. The first-order valence-electron chi connectivity index (χ1n) is 9.82. The van der Waals surface area contributed by atoms with Crippen LogP contribution in [0.25, 0.3) is 0 Å². The summed E-state index contributed by atoms with van der Waals surface area (Å²) in [6.45, 7) is 0.760. The SMILES string of the molecule is COc1ccc(N2C(=O)C[C@H](N3CCN(S(=O)(=O)c4ccccc4F)CC3)C2=O)cc1. The normalized spacial score (nSPS) is 21.0. The molecule has 2 saturated heterocycles. The average Bonchev–Trinajstić information content (AvgIpc) is 3.08. The molecule has 2 amide bonds. The molecule has 0 bridgehead atoms. The molecule has 0 aliphatic carbocycles. The van der Waals surface area contributed by atoms with Gasteiger partial charge in [0.05, 0.1) is 25.3 Å². The van der Waals surface area contributed by atoms with Gasteiger partial charge < -0.3 is 4.74 Å². The molecule has 31 heavy (non-hydrogen) atoms. The number of anilines is 1. The number of ether oxygens (including phenoxy) is 1. The lowest BCUT2D eigenvalue weighted by Crippen LogP contribution is -2.53. The van der Waals surface area contributed by atoms with E-state index in [1.54, 1.807) is 24.3 Å². The highest BCUT2D eigenvalue weighted by Crippen LogP contribution is 2.28. The molecule has 164 valence electrons. The summed E-state index contributed by atoms with van der Waals surface area (Å²) < 4.78 is 45.9. The van der Waals surface area contributed by atoms with Crippen LogP contribution in [-0.4, -0.2) is 68.8 Å². The van der Waals surface area contributed by atoms with Crippen molar-refractivity contribution in [3.8, 4) is 5.75 Å². The zero-order valence-electron chi connectivity index (χ0n) is 16.9. The molecule has 2 aliphatic heterocycles. The van der Waals surface area contributed by atoms with Crippen LogP contribution in [0.1, 0.15) is 6.42 Å². The first-order chi connectivity index (χ1) is 14.8. The van der Waals surface area contributed by atoms with Gasteiger partial charge in [-0.2, -0.15) is 4.31 Å². The number of methoxy groups -OCH3 is 1. The van der Waals surface area contributed by atoms with Crippen LogP contribution >= 0.6 is 0 Å². The molecule has 0 aromatic heterocycles. The first-order valence-corrected chi connectivity index (χ1v) is 11.3. The Morgan fingerprint density at radius 2 is 1.61 bits per heavy atom. The number of amides is 2. The molecule has 10 heteroatoms. The summed E-state index contributed by atoms with van der Waals surface area (Å²) in [6.07, 6.45) is 0.0327. The van der Waals surface area contributed by atoms with Crippen molar-refractivity contribution in [1.82, 2.24) is 9.21 Å². The summed E-state index contributed by atoms with van der Waals surface area (Å²) in [5.74, 6) is -0.814. The Hall–Kier alpha value is -2.82. The van der Waals surface area contributed by atoms with Crippen LogP contribution in [0, 0.1) is 5.82 Å². The van der Waals surface area contributed by atoms with Crippen LogP contribution in [0.3, 0.4) is 0 Å². The molecule has 4 rings (SSSR count). The molecule has 2 aromatic carbocycles. The van der Waals surface area contributed by atoms with Gasteiger partial charge in [-0.15, -0.1) is 0 Å². The van der Waals surface area contributed by atoms with E-state index >= 15 is 0 Å². The maximum atomic E-state index is 14.0. The molecule has 2 heterocycles. The fourth-order valence-corrected chi connectivity index (χ4v) is 5.44. The molecule has 0 radical (unpaired) electrons. The van der Waals surface area contributed by atoms with E-state index in [0.717, 1.165) is 11.0 Å². The number of sulfonamides is 1. The van der Waals surface area contributed by atoms with Gasteiger partial charge in [0.2, 0.25) is 15.9 Å². The van der Waals surface area contributed by atoms with Crippen LogP contribution in [0.4, 0.5) is 10.1 Å². The average molecular weight is 447 g/mol. The zero-order chi connectivity index (χ0) is 22.2. The van der Waals surface area contributed by atoms with Crippen molar-refractivity contribution in [1.29, 1.82) is 0 Å². The minimum Gasteiger partial charge on any atom is -0.497 e. The highest BCUT2D eigenvalue weighted by molar-refractivity contribution is 7.89. The highest BCUT2D eigenvalue weighted by Gasteiger charge is 2.44. The molecule has 0 unspecified atom stereocenters. The second kappa shape index (κ2) is 8.37. The first kappa shape index (κ1) is 21.4. The maximum Gasteiger partial charge on any atom is 0.251 e. The number of hydrogen-bond donors (Lipinski definition) is 0. The summed E-state index contributed by atoms with van der Waals surface area (Å²) in [5, 5.41) is 0. The van der Waals surface area contributed by atoms with Gasteiger partial charge in [0.15, 0.2) is 0 Å². The van der Waals surface area contributed by atoms with Gasteiger partial charge in [-0.05, 0) is 36.4 Å². The van der Waals surface area contributed by atoms with Gasteiger partial charge >= 0.3 is 0 Å². The summed E-state index contributed by atoms with van der Waals surface area (Å²) >= 11 is 0. The highest BCUT2D eigenvalue weighted by atomic mass is 32.2. The van der Waals surface area contributed by atoms with Gasteiger partial charge in [0, 0.05) is 26.2 Å². The Kier molecular flexibility index (Phi) is 5.78. The van der Waals surface area contributed by atoms with Crippen molar-refractivity contribution in [3.63, 3.8) is 0 Å². The second-order valence-electron chi connectivity index (χ2n) is 7.36. The standard InChI is InChI=1S/C21H22FN3O5S/c1-30-16-8-6-15(7-9-16)25-20(26)14-18(21(25)27)23-10-12-24(13-11-23)31(28,29)19-5-3-2-4-17(19)22/h2-9,18H,10-14H2,1H3/t18-/m0/s1. The lowest BCUT2D eigenvalue weighted by Gasteiger charge is -2.36. The van der Waals surface area contributed by atoms with Crippen molar-refractivity contribution in [2.45, 2.75) is 17.4 Å². The smallest absolute Gasteiger partial charge is 0.251 e. The number of benzene rings is 2. The number of piperazine rings is 1. The van der Waals surface area contributed by atoms with E-state index in [2.05, 4.69) is 0 Å². The second-order valence-corrected chi connectivity index (χ2v) is 9.26. The number of nitrogens with zero attached hydrogens (tertiary/aromatic N) is 3. The number of hydrogen-bond acceptors (Lipinski definition) is 6. The third kappa shape index (κ3) is 3.93. The summed E-state index contributed by atoms with van der Waals surface area (Å²) in [5.41, 5.74) is 0.471. The Morgan fingerprint density at radius 3 is 2.23 bits per heavy atom. The van der Waals surface area contributed by atoms with E-state index in [4.69, 9.17) is 4.74 Å². The minimum atomic E-state index is -3.97. The molecule has 2 aliphatic rings. The molecule has 2 aromatic rings. The number of rotatable bonds is 5. The number of imide groups is 1. The largest absolute Gasteiger partial charge is 0.497 e. The fraction of sp³-hybridized carbons (Fsp3) is 0.333. The maximum absolute atomic E-state index is 14.0. The van der Waals surface area contributed by atoms with E-state index in [-0.39, 0.29) is 49.3 Å². The predicted octanol–water partition coefficient (Wildman–Crippen LogP) is 1.47. The Labute approximate surface area is 179 Å². The van der Waals surface area contributed by atoms with E-state index < -0.39 is 21.9 Å². The van der Waals surface area contributed by atoms with Crippen molar-refractivity contribution in [2.75, 3.05) is 38.2 Å². The zero-order valence-corrected chi connectivity index (χ0v) is 17.7. The number of halogens is 1. The van der Waals surface area contributed by atoms with Gasteiger partial charge in [0.25, 0.3) is 5.91 Å². The number of carbonyl (C=O) groups is 2. The van der Waals surface area contributed by atoms with Gasteiger partial charge in [0.1, 0.15) is 16.5 Å².